The van der Waals surface area contributed by atoms with Gasteiger partial charge >= 0.3 is 0 Å². The fourth-order valence-electron chi connectivity index (χ4n) is 2.49. The normalized spacial score (nSPS) is 12.8. The van der Waals surface area contributed by atoms with Crippen molar-refractivity contribution in [1.29, 1.82) is 0 Å². The molecule has 0 unspecified atom stereocenters. The third kappa shape index (κ3) is 4.34. The Morgan fingerprint density at radius 2 is 2.04 bits per heavy atom. The number of nitrogens with one attached hydrogen (secondary N) is 2. The van der Waals surface area contributed by atoms with Crippen LogP contribution < -0.4 is 15.6 Å². The van der Waals surface area contributed by atoms with Crippen molar-refractivity contribution < 1.29 is 19.5 Å². The van der Waals surface area contributed by atoms with Gasteiger partial charge in [-0.05, 0) is 41.0 Å². The van der Waals surface area contributed by atoms with Crippen molar-refractivity contribution in [1.82, 2.24) is 10.9 Å². The van der Waals surface area contributed by atoms with E-state index in [9.17, 15) is 9.59 Å². The molecule has 0 saturated heterocycles. The molecule has 0 spiro atoms. The highest BCUT2D eigenvalue weighted by Gasteiger charge is 2.11. The minimum absolute atomic E-state index is 0.375. The Bertz CT molecular complexity index is 890. The number of hydrogen-bond donors (Lipinski definition) is 3. The summed E-state index contributed by atoms with van der Waals surface area (Å²) in [5.41, 5.74) is 7.00. The van der Waals surface area contributed by atoms with Gasteiger partial charge in [-0.25, -0.2) is 10.9 Å². The monoisotopic (exact) mass is 351 g/mol. The van der Waals surface area contributed by atoms with E-state index in [2.05, 4.69) is 10.5 Å². The molecule has 0 aliphatic carbocycles. The zero-order chi connectivity index (χ0) is 18.4. The Kier molecular flexibility index (Phi) is 5.40. The first-order valence-corrected chi connectivity index (χ1v) is 7.97. The summed E-state index contributed by atoms with van der Waals surface area (Å²) in [6, 6.07) is 12.5. The molecular formula is C19H17N3O4. The van der Waals surface area contributed by atoms with Gasteiger partial charge in [-0.2, -0.15) is 5.10 Å². The van der Waals surface area contributed by atoms with Crippen molar-refractivity contribution >= 4 is 24.1 Å². The standard InChI is InChI=1S/C19H17N3O4/c23-18(22-25)7-5-13-2-1-3-16(10-13)19(24)21-20-12-14-4-6-15-8-9-26-17(15)11-14/h1-7,10-12,25H,8-9H2,(H,21,24)(H,22,23)/b7-5+,20-12+. The Morgan fingerprint density at radius 1 is 1.15 bits per heavy atom. The van der Waals surface area contributed by atoms with Crippen molar-refractivity contribution in [3.63, 3.8) is 0 Å². The van der Waals surface area contributed by atoms with Crippen molar-refractivity contribution in [2.45, 2.75) is 6.42 Å². The van der Waals surface area contributed by atoms with Crippen LogP contribution in [-0.4, -0.2) is 29.8 Å². The number of amides is 2. The molecule has 3 rings (SSSR count). The number of carbonyl (C=O) groups excluding carboxylic acids is 2. The summed E-state index contributed by atoms with van der Waals surface area (Å²) in [5.74, 6) is -0.171. The van der Waals surface area contributed by atoms with E-state index in [0.717, 1.165) is 23.8 Å². The highest BCUT2D eigenvalue weighted by atomic mass is 16.5. The first kappa shape index (κ1) is 17.4. The molecule has 1 heterocycles. The van der Waals surface area contributed by atoms with E-state index in [1.54, 1.807) is 30.5 Å². The fourth-order valence-corrected chi connectivity index (χ4v) is 2.49. The lowest BCUT2D eigenvalue weighted by Crippen LogP contribution is -2.17. The molecule has 2 amide bonds. The fraction of sp³-hybridized carbons (Fsp3) is 0.105. The van der Waals surface area contributed by atoms with E-state index in [1.807, 2.05) is 18.2 Å². The van der Waals surface area contributed by atoms with Crippen LogP contribution in [0.2, 0.25) is 0 Å². The SMILES string of the molecule is O=C(/C=C/c1cccc(C(=O)N/N=C/c2ccc3c(c2)OCC3)c1)NO. The number of hydroxylamine groups is 1. The summed E-state index contributed by atoms with van der Waals surface area (Å²) in [4.78, 5) is 23.2. The lowest BCUT2D eigenvalue weighted by Gasteiger charge is -2.02. The van der Waals surface area contributed by atoms with E-state index in [4.69, 9.17) is 9.94 Å². The van der Waals surface area contributed by atoms with Crippen LogP contribution in [0.1, 0.15) is 27.0 Å². The van der Waals surface area contributed by atoms with Crippen LogP contribution in [0.25, 0.3) is 6.08 Å². The molecule has 132 valence electrons. The molecule has 3 N–H and O–H groups in total. The molecule has 0 fully saturated rings. The zero-order valence-corrected chi connectivity index (χ0v) is 13.8. The van der Waals surface area contributed by atoms with Gasteiger partial charge in [0.05, 0.1) is 12.8 Å². The highest BCUT2D eigenvalue weighted by Crippen LogP contribution is 2.25. The second kappa shape index (κ2) is 8.09. The molecule has 0 aromatic heterocycles. The lowest BCUT2D eigenvalue weighted by atomic mass is 10.1. The molecule has 0 atom stereocenters. The summed E-state index contributed by atoms with van der Waals surface area (Å²) < 4.78 is 5.50. The maximum Gasteiger partial charge on any atom is 0.271 e. The molecule has 0 saturated carbocycles. The first-order chi connectivity index (χ1) is 12.7. The second-order valence-corrected chi connectivity index (χ2v) is 5.60. The van der Waals surface area contributed by atoms with Gasteiger partial charge in [0.1, 0.15) is 5.75 Å². The van der Waals surface area contributed by atoms with Crippen molar-refractivity contribution in [3.8, 4) is 5.75 Å². The van der Waals surface area contributed by atoms with Crippen LogP contribution in [0.15, 0.2) is 53.6 Å². The zero-order valence-electron chi connectivity index (χ0n) is 13.8. The van der Waals surface area contributed by atoms with Gasteiger partial charge in [0.2, 0.25) is 0 Å². The number of rotatable bonds is 5. The number of hydrogen-bond acceptors (Lipinski definition) is 5. The number of benzene rings is 2. The van der Waals surface area contributed by atoms with Gasteiger partial charge in [0.25, 0.3) is 11.8 Å². The molecule has 7 nitrogen and oxygen atoms in total. The van der Waals surface area contributed by atoms with E-state index in [-0.39, 0.29) is 5.91 Å². The molecule has 1 aliphatic rings. The lowest BCUT2D eigenvalue weighted by molar-refractivity contribution is -0.124. The third-order valence-electron chi connectivity index (χ3n) is 3.79. The Balaban J connectivity index is 1.63. The minimum atomic E-state index is -0.650. The van der Waals surface area contributed by atoms with Crippen molar-refractivity contribution in [3.05, 3.63) is 70.8 Å². The summed E-state index contributed by atoms with van der Waals surface area (Å²) in [5, 5.41) is 12.4. The van der Waals surface area contributed by atoms with Gasteiger partial charge in [0.15, 0.2) is 0 Å². The summed E-state index contributed by atoms with van der Waals surface area (Å²) in [6.45, 7) is 0.692. The number of hydrazone groups is 1. The van der Waals surface area contributed by atoms with Crippen LogP contribution >= 0.6 is 0 Å². The average Bonchev–Trinajstić information content (AvgIpc) is 3.14. The Labute approximate surface area is 149 Å². The van der Waals surface area contributed by atoms with Gasteiger partial charge < -0.3 is 4.74 Å². The number of carbonyl (C=O) groups is 2. The average molecular weight is 351 g/mol. The quantitative estimate of drug-likeness (QED) is 0.331. The van der Waals surface area contributed by atoms with Gasteiger partial charge in [-0.15, -0.1) is 0 Å². The van der Waals surface area contributed by atoms with Crippen LogP contribution in [-0.2, 0) is 11.2 Å². The number of ether oxygens (including phenoxy) is 1. The van der Waals surface area contributed by atoms with Crippen LogP contribution in [0.5, 0.6) is 5.75 Å². The molecular weight excluding hydrogens is 334 g/mol. The smallest absolute Gasteiger partial charge is 0.271 e. The predicted octanol–water partition coefficient (Wildman–Crippen LogP) is 1.90. The van der Waals surface area contributed by atoms with Gasteiger partial charge in [-0.3, -0.25) is 14.8 Å². The first-order valence-electron chi connectivity index (χ1n) is 7.97. The largest absolute Gasteiger partial charge is 0.493 e. The maximum atomic E-state index is 12.2. The minimum Gasteiger partial charge on any atom is -0.493 e. The third-order valence-corrected chi connectivity index (χ3v) is 3.79. The van der Waals surface area contributed by atoms with Crippen LogP contribution in [0, 0.1) is 0 Å². The van der Waals surface area contributed by atoms with E-state index < -0.39 is 5.91 Å². The summed E-state index contributed by atoms with van der Waals surface area (Å²) in [7, 11) is 0. The van der Waals surface area contributed by atoms with Crippen LogP contribution in [0.3, 0.4) is 0 Å². The Hall–Kier alpha value is -3.45. The predicted molar refractivity (Wildman–Crippen MR) is 96.1 cm³/mol. The molecule has 0 radical (unpaired) electrons. The summed E-state index contributed by atoms with van der Waals surface area (Å²) in [6.07, 6.45) is 5.10. The van der Waals surface area contributed by atoms with Gasteiger partial charge in [0, 0.05) is 18.1 Å². The van der Waals surface area contributed by atoms with Crippen molar-refractivity contribution in [2.75, 3.05) is 6.61 Å². The van der Waals surface area contributed by atoms with Gasteiger partial charge in [-0.1, -0.05) is 24.3 Å². The summed E-state index contributed by atoms with van der Waals surface area (Å²) >= 11 is 0. The van der Waals surface area contributed by atoms with Crippen LogP contribution in [0.4, 0.5) is 0 Å². The molecule has 2 aromatic rings. The molecule has 1 aliphatic heterocycles. The topological polar surface area (TPSA) is 100 Å². The molecule has 2 aromatic carbocycles. The molecule has 26 heavy (non-hydrogen) atoms. The molecule has 0 bridgehead atoms. The molecule has 7 heteroatoms. The maximum absolute atomic E-state index is 12.2. The number of fused-ring (bicyclic) bond motifs is 1. The van der Waals surface area contributed by atoms with E-state index >= 15 is 0 Å². The Morgan fingerprint density at radius 3 is 2.88 bits per heavy atom. The van der Waals surface area contributed by atoms with Crippen molar-refractivity contribution in [2.24, 2.45) is 5.10 Å². The van der Waals surface area contributed by atoms with E-state index in [1.165, 1.54) is 17.1 Å². The second-order valence-electron chi connectivity index (χ2n) is 5.60. The highest BCUT2D eigenvalue weighted by molar-refractivity contribution is 5.96. The number of nitrogens with zero attached hydrogens (tertiary/aromatic N) is 1. The van der Waals surface area contributed by atoms with E-state index in [0.29, 0.717) is 17.7 Å².